The maximum atomic E-state index is 11.9. The average Bonchev–Trinajstić information content (AvgIpc) is 3.18. The zero-order valence-corrected chi connectivity index (χ0v) is 37.3. The fourth-order valence-electron chi connectivity index (χ4n) is 10.1. The van der Waals surface area contributed by atoms with Gasteiger partial charge in [-0.15, -0.1) is 0 Å². The monoisotopic (exact) mass is 740 g/mol. The molecule has 4 aliphatic rings. The van der Waals surface area contributed by atoms with E-state index in [-0.39, 0.29) is 131 Å². The second-order valence-corrected chi connectivity index (χ2v) is 17.8. The third-order valence-corrected chi connectivity index (χ3v) is 13.8. The topological polar surface area (TPSA) is 199 Å². The quantitative estimate of drug-likeness (QED) is 0.111. The van der Waals surface area contributed by atoms with Gasteiger partial charge in [0, 0.05) is 0 Å². The zero-order valence-electron chi connectivity index (χ0n) is 28.8. The van der Waals surface area contributed by atoms with Crippen LogP contribution in [-0.4, -0.2) is 57.2 Å². The van der Waals surface area contributed by atoms with E-state index in [1.807, 2.05) is 6.92 Å². The molecule has 0 aromatic rings. The fourth-order valence-corrected chi connectivity index (χ4v) is 11.6. The molecule has 0 bridgehead atoms. The minimum Gasteiger partial charge on any atom is -0.726 e. The SMILES string of the molecule is CC(C)C(C)CC[C@@H](C)[C@H]1CC[C@H]2[C@@H]3C[C@H](OS(=O)(=O)[O-])[C@H]4C[C@H](OS(=O)(=O)[O-])[C@@H](OS(=O)(=O)[O-])C[C@]4(C)[C@H]3CC[C@]12C.[Na+].[Na+].[Na+]. The van der Waals surface area contributed by atoms with Crippen molar-refractivity contribution in [2.45, 2.75) is 118 Å². The van der Waals surface area contributed by atoms with Gasteiger partial charge in [0.1, 0.15) is 12.2 Å². The third-order valence-electron chi connectivity index (χ3n) is 12.3. The van der Waals surface area contributed by atoms with Crippen LogP contribution in [0.4, 0.5) is 0 Å². The molecule has 4 rings (SSSR count). The molecular weight excluding hydrogens is 693 g/mol. The van der Waals surface area contributed by atoms with E-state index in [0.29, 0.717) is 23.7 Å². The van der Waals surface area contributed by atoms with Crippen molar-refractivity contribution in [3.63, 3.8) is 0 Å². The van der Waals surface area contributed by atoms with Crippen LogP contribution in [0.2, 0.25) is 0 Å². The van der Waals surface area contributed by atoms with Crippen molar-refractivity contribution in [1.82, 2.24) is 0 Å². The molecule has 0 N–H and O–H groups in total. The first-order valence-electron chi connectivity index (χ1n) is 15.5. The summed E-state index contributed by atoms with van der Waals surface area (Å²) in [5, 5.41) is 0. The van der Waals surface area contributed by atoms with Crippen LogP contribution in [0, 0.1) is 58.2 Å². The van der Waals surface area contributed by atoms with Gasteiger partial charge in [-0.25, -0.2) is 25.3 Å². The van der Waals surface area contributed by atoms with Crippen LogP contribution >= 0.6 is 0 Å². The molecule has 4 aliphatic carbocycles. The predicted molar refractivity (Wildman–Crippen MR) is 152 cm³/mol. The number of rotatable bonds is 11. The van der Waals surface area contributed by atoms with Crippen molar-refractivity contribution in [1.29, 1.82) is 0 Å². The number of hydrogen-bond acceptors (Lipinski definition) is 12. The molecule has 46 heavy (non-hydrogen) atoms. The number of hydrogen-bond donors (Lipinski definition) is 0. The van der Waals surface area contributed by atoms with Crippen LogP contribution < -0.4 is 88.7 Å². The second kappa shape index (κ2) is 17.2. The fraction of sp³-hybridized carbons (Fsp3) is 1.00. The van der Waals surface area contributed by atoms with Crippen LogP contribution in [-0.2, 0) is 43.7 Å². The maximum Gasteiger partial charge on any atom is 1.00 e. The molecule has 1 unspecified atom stereocenters. The van der Waals surface area contributed by atoms with E-state index in [9.17, 15) is 38.9 Å². The van der Waals surface area contributed by atoms with E-state index in [4.69, 9.17) is 8.37 Å². The molecule has 0 amide bonds. The van der Waals surface area contributed by atoms with E-state index in [1.165, 1.54) is 0 Å². The van der Waals surface area contributed by atoms with Crippen molar-refractivity contribution < 1.29 is 140 Å². The van der Waals surface area contributed by atoms with Crippen molar-refractivity contribution in [2.75, 3.05) is 0 Å². The van der Waals surface area contributed by atoms with Crippen molar-refractivity contribution in [3.8, 4) is 0 Å². The van der Waals surface area contributed by atoms with Gasteiger partial charge >= 0.3 is 88.7 Å². The molecule has 12 atom stereocenters. The summed E-state index contributed by atoms with van der Waals surface area (Å²) in [7, 11) is -15.8. The molecule has 4 saturated carbocycles. The Morgan fingerprint density at radius 2 is 1.15 bits per heavy atom. The minimum atomic E-state index is -5.34. The van der Waals surface area contributed by atoms with Gasteiger partial charge in [0.05, 0.1) is 6.10 Å². The molecule has 0 spiro atoms. The molecule has 0 radical (unpaired) electrons. The third kappa shape index (κ3) is 10.8. The summed E-state index contributed by atoms with van der Waals surface area (Å²) in [6.45, 7) is 13.2. The van der Waals surface area contributed by atoms with Gasteiger partial charge in [-0.3, -0.25) is 12.5 Å². The van der Waals surface area contributed by atoms with Gasteiger partial charge in [0.25, 0.3) is 0 Å². The van der Waals surface area contributed by atoms with Crippen molar-refractivity contribution in [2.24, 2.45) is 58.2 Å². The molecule has 0 aromatic carbocycles. The van der Waals surface area contributed by atoms with Crippen molar-refractivity contribution >= 4 is 31.2 Å². The molecule has 0 aliphatic heterocycles. The van der Waals surface area contributed by atoms with Gasteiger partial charge in [-0.2, -0.15) is 0 Å². The smallest absolute Gasteiger partial charge is 0.726 e. The molecular formula is C28H47Na3O12S3. The molecule has 18 heteroatoms. The largest absolute Gasteiger partial charge is 1.00 e. The summed E-state index contributed by atoms with van der Waals surface area (Å²) >= 11 is 0. The summed E-state index contributed by atoms with van der Waals surface area (Å²) in [6.07, 6.45) is 1.22. The van der Waals surface area contributed by atoms with Crippen LogP contribution in [0.3, 0.4) is 0 Å². The van der Waals surface area contributed by atoms with Crippen LogP contribution in [0.1, 0.15) is 99.3 Å². The summed E-state index contributed by atoms with van der Waals surface area (Å²) < 4.78 is 120. The Bertz CT molecular complexity index is 1350. The average molecular weight is 741 g/mol. The summed E-state index contributed by atoms with van der Waals surface area (Å²) in [5.74, 6) is 1.52. The second-order valence-electron chi connectivity index (χ2n) is 14.8. The summed E-state index contributed by atoms with van der Waals surface area (Å²) in [4.78, 5) is 0. The molecule has 0 saturated heterocycles. The van der Waals surface area contributed by atoms with Gasteiger partial charge < -0.3 is 13.7 Å². The Morgan fingerprint density at radius 3 is 1.67 bits per heavy atom. The first-order chi connectivity index (χ1) is 19.5. The Balaban J connectivity index is 0.00000353. The van der Waals surface area contributed by atoms with Crippen LogP contribution in [0.25, 0.3) is 0 Å². The van der Waals surface area contributed by atoms with E-state index in [1.54, 1.807) is 0 Å². The maximum absolute atomic E-state index is 11.9. The van der Waals surface area contributed by atoms with Gasteiger partial charge in [-0.05, 0) is 103 Å². The molecule has 252 valence electrons. The van der Waals surface area contributed by atoms with E-state index in [0.717, 1.165) is 38.5 Å². The molecule has 0 aromatic heterocycles. The van der Waals surface area contributed by atoms with Crippen LogP contribution in [0.5, 0.6) is 0 Å². The standard InChI is InChI=1S/C28H50O12S3.3Na/c1-16(2)17(3)7-8-18(4)20-9-10-21-19-13-24(38-41(29,30)31)23-14-25(39-42(32,33)34)26(40-43(35,36)37)15-28(23,6)22(19)11-12-27(20,21)5;;;/h16-26H,7-15H2,1-6H3,(H,29,30,31)(H,32,33,34)(H,35,36,37);;;/q;3*+1/p-3/t17?,18-,19+,20-,21+,22+,23-,24+,25+,26+,27-,28-;;;/m1.../s1. The summed E-state index contributed by atoms with van der Waals surface area (Å²) in [6, 6.07) is 0. The summed E-state index contributed by atoms with van der Waals surface area (Å²) in [5.41, 5.74) is -0.908. The van der Waals surface area contributed by atoms with E-state index < -0.39 is 60.8 Å². The minimum absolute atomic E-state index is 0. The first kappa shape index (κ1) is 46.6. The van der Waals surface area contributed by atoms with Crippen molar-refractivity contribution in [3.05, 3.63) is 0 Å². The first-order valence-corrected chi connectivity index (χ1v) is 19.5. The predicted octanol–water partition coefficient (Wildman–Crippen LogP) is -4.88. The molecule has 0 heterocycles. The van der Waals surface area contributed by atoms with Crippen LogP contribution in [0.15, 0.2) is 0 Å². The van der Waals surface area contributed by atoms with Gasteiger partial charge in [0.15, 0.2) is 0 Å². The number of fused-ring (bicyclic) bond motifs is 5. The van der Waals surface area contributed by atoms with Gasteiger partial charge in [-0.1, -0.05) is 54.4 Å². The molecule has 12 nitrogen and oxygen atoms in total. The van der Waals surface area contributed by atoms with E-state index >= 15 is 0 Å². The Hall–Kier alpha value is 2.61. The van der Waals surface area contributed by atoms with Gasteiger partial charge in [0.2, 0.25) is 31.2 Å². The Morgan fingerprint density at radius 1 is 0.652 bits per heavy atom. The molecule has 4 fully saturated rings. The van der Waals surface area contributed by atoms with E-state index in [2.05, 4.69) is 38.8 Å². The Kier molecular flexibility index (Phi) is 17.4. The normalized spacial score (nSPS) is 39.0. The Labute approximate surface area is 343 Å². The zero-order chi connectivity index (χ0) is 32.3.